The molecule has 0 bridgehead atoms. The third-order valence-corrected chi connectivity index (χ3v) is 5.43. The van der Waals surface area contributed by atoms with Gasteiger partial charge in [0.1, 0.15) is 11.6 Å². The molecule has 0 spiro atoms. The maximum absolute atomic E-state index is 12.2. The van der Waals surface area contributed by atoms with Crippen LogP contribution < -0.4 is 15.2 Å². The summed E-state index contributed by atoms with van der Waals surface area (Å²) in [6.07, 6.45) is -0.0662. The summed E-state index contributed by atoms with van der Waals surface area (Å²) in [5.74, 6) is -2.04. The Hall–Kier alpha value is -3.34. The first-order valence-corrected chi connectivity index (χ1v) is 13.2. The number of rotatable bonds is 15. The zero-order valence-electron chi connectivity index (χ0n) is 23.9. The minimum atomic E-state index is -1.82. The van der Waals surface area contributed by atoms with Crippen LogP contribution in [0.15, 0.2) is 18.2 Å². The van der Waals surface area contributed by atoms with Gasteiger partial charge in [-0.2, -0.15) is 0 Å². The Bertz CT molecular complexity index is 972. The molecule has 0 fully saturated rings. The molecule has 0 aliphatic carbocycles. The van der Waals surface area contributed by atoms with Crippen LogP contribution in [-0.4, -0.2) is 54.2 Å². The van der Waals surface area contributed by atoms with Crippen LogP contribution in [0.4, 0.5) is 9.59 Å². The number of hydrogen-bond donors (Lipinski definition) is 2. The molecule has 220 valence electrons. The van der Waals surface area contributed by atoms with Crippen LogP contribution in [0.3, 0.4) is 0 Å². The van der Waals surface area contributed by atoms with Crippen molar-refractivity contribution in [1.82, 2.24) is 0 Å². The summed E-state index contributed by atoms with van der Waals surface area (Å²) in [6.45, 7) is 11.4. The van der Waals surface area contributed by atoms with Gasteiger partial charge in [0, 0.05) is 12.8 Å². The predicted octanol–water partition coefficient (Wildman–Crippen LogP) is 5.40. The molecule has 11 nitrogen and oxygen atoms in total. The van der Waals surface area contributed by atoms with Crippen LogP contribution >= 0.6 is 0 Å². The number of benzene rings is 1. The molecule has 0 saturated heterocycles. The molecule has 0 radical (unpaired) electrons. The SMILES string of the molecule is CCCCOC(=O)Oc1ccc(C[C@](N)(C[C@H](C)OC(=O)CC(C)(C)C)C(=O)O)cc1OC(=O)OCCCC. The normalized spacial score (nSPS) is 13.5. The van der Waals surface area contributed by atoms with Crippen LogP contribution in [0.2, 0.25) is 0 Å². The van der Waals surface area contributed by atoms with Crippen LogP contribution in [0, 0.1) is 5.41 Å². The van der Waals surface area contributed by atoms with E-state index in [0.29, 0.717) is 18.4 Å². The molecule has 0 aliphatic heterocycles. The number of carboxylic acids is 1. The van der Waals surface area contributed by atoms with Crippen molar-refractivity contribution < 1.29 is 48.0 Å². The molecule has 39 heavy (non-hydrogen) atoms. The van der Waals surface area contributed by atoms with Gasteiger partial charge in [-0.3, -0.25) is 9.59 Å². The van der Waals surface area contributed by atoms with Crippen molar-refractivity contribution in [2.75, 3.05) is 13.2 Å². The van der Waals surface area contributed by atoms with Crippen LogP contribution in [0.5, 0.6) is 11.5 Å². The van der Waals surface area contributed by atoms with E-state index in [2.05, 4.69) is 0 Å². The van der Waals surface area contributed by atoms with Gasteiger partial charge in [0.2, 0.25) is 0 Å². The van der Waals surface area contributed by atoms with Gasteiger partial charge in [0.25, 0.3) is 0 Å². The van der Waals surface area contributed by atoms with E-state index in [4.69, 9.17) is 29.4 Å². The Kier molecular flexibility index (Phi) is 13.8. The van der Waals surface area contributed by atoms with E-state index in [0.717, 1.165) is 12.8 Å². The lowest BCUT2D eigenvalue weighted by atomic mass is 9.86. The average Bonchev–Trinajstić information content (AvgIpc) is 2.79. The number of carboxylic acid groups (broad SMARTS) is 1. The molecule has 1 aromatic carbocycles. The summed E-state index contributed by atoms with van der Waals surface area (Å²) in [6, 6.07) is 4.18. The van der Waals surface area contributed by atoms with Crippen LogP contribution in [0.1, 0.15) is 85.6 Å². The lowest BCUT2D eigenvalue weighted by Gasteiger charge is -2.28. The summed E-state index contributed by atoms with van der Waals surface area (Å²) in [7, 11) is 0. The van der Waals surface area contributed by atoms with E-state index in [1.165, 1.54) is 18.2 Å². The zero-order chi connectivity index (χ0) is 29.6. The Labute approximate surface area is 230 Å². The van der Waals surface area contributed by atoms with Crippen molar-refractivity contribution in [1.29, 1.82) is 0 Å². The molecule has 2 atom stereocenters. The van der Waals surface area contributed by atoms with E-state index in [-0.39, 0.29) is 49.4 Å². The van der Waals surface area contributed by atoms with Gasteiger partial charge >= 0.3 is 24.2 Å². The Morgan fingerprint density at radius 2 is 1.46 bits per heavy atom. The molecule has 0 unspecified atom stereocenters. The molecule has 1 rings (SSSR count). The number of unbranched alkanes of at least 4 members (excludes halogenated alkanes) is 2. The number of hydrogen-bond acceptors (Lipinski definition) is 10. The van der Waals surface area contributed by atoms with Gasteiger partial charge < -0.3 is 34.5 Å². The number of carbonyl (C=O) groups excluding carboxylic acids is 3. The minimum Gasteiger partial charge on any atom is -0.480 e. The van der Waals surface area contributed by atoms with Crippen LogP contribution in [-0.2, 0) is 30.2 Å². The number of aliphatic carboxylic acids is 1. The monoisotopic (exact) mass is 553 g/mol. The first-order valence-electron chi connectivity index (χ1n) is 13.2. The van der Waals surface area contributed by atoms with Crippen LogP contribution in [0.25, 0.3) is 0 Å². The molecular formula is C28H43NO10. The molecule has 1 aromatic rings. The Morgan fingerprint density at radius 3 is 1.95 bits per heavy atom. The first kappa shape index (κ1) is 33.7. The Balaban J connectivity index is 3.12. The lowest BCUT2D eigenvalue weighted by Crippen LogP contribution is -2.52. The number of ether oxygens (including phenoxy) is 5. The standard InChI is InChI=1S/C28H43NO10/c1-7-9-13-35-25(33)38-21-12-11-20(15-22(21)39-26(34)36-14-10-8-2)17-28(29,24(31)32)16-19(3)37-23(30)18-27(4,5)6/h11-12,15,19H,7-10,13-14,16-18,29H2,1-6H3,(H,31,32)/t19-,28+/m0/s1. The van der Waals surface area contributed by atoms with Crippen molar-refractivity contribution >= 4 is 24.2 Å². The molecule has 0 amide bonds. The van der Waals surface area contributed by atoms with Crippen molar-refractivity contribution in [2.24, 2.45) is 11.1 Å². The first-order chi connectivity index (χ1) is 18.2. The summed E-state index contributed by atoms with van der Waals surface area (Å²) >= 11 is 0. The average molecular weight is 554 g/mol. The van der Waals surface area contributed by atoms with Crippen molar-refractivity contribution in [3.8, 4) is 11.5 Å². The largest absolute Gasteiger partial charge is 0.513 e. The summed E-state index contributed by atoms with van der Waals surface area (Å²) in [5, 5.41) is 9.92. The number of nitrogens with two attached hydrogens (primary N) is 1. The van der Waals surface area contributed by atoms with E-state index in [9.17, 15) is 24.3 Å². The highest BCUT2D eigenvalue weighted by molar-refractivity contribution is 5.79. The second-order valence-corrected chi connectivity index (χ2v) is 10.8. The maximum atomic E-state index is 12.2. The fourth-order valence-corrected chi connectivity index (χ4v) is 3.52. The maximum Gasteiger partial charge on any atom is 0.513 e. The third kappa shape index (κ3) is 13.3. The lowest BCUT2D eigenvalue weighted by molar-refractivity contribution is -0.154. The fourth-order valence-electron chi connectivity index (χ4n) is 3.52. The minimum absolute atomic E-state index is 0.116. The summed E-state index contributed by atoms with van der Waals surface area (Å²) < 4.78 is 25.9. The van der Waals surface area contributed by atoms with Gasteiger partial charge in [-0.05, 0) is 42.9 Å². The number of esters is 1. The van der Waals surface area contributed by atoms with E-state index in [1.807, 2.05) is 34.6 Å². The molecule has 0 heterocycles. The second kappa shape index (κ2) is 15.9. The van der Waals surface area contributed by atoms with Gasteiger partial charge in [-0.15, -0.1) is 0 Å². The molecule has 0 aromatic heterocycles. The summed E-state index contributed by atoms with van der Waals surface area (Å²) in [4.78, 5) is 48.7. The van der Waals surface area contributed by atoms with Gasteiger partial charge in [0.05, 0.1) is 19.6 Å². The number of carbonyl (C=O) groups is 4. The smallest absolute Gasteiger partial charge is 0.480 e. The van der Waals surface area contributed by atoms with E-state index < -0.39 is 35.9 Å². The highest BCUT2D eigenvalue weighted by Gasteiger charge is 2.37. The molecule has 3 N–H and O–H groups in total. The quantitative estimate of drug-likeness (QED) is 0.124. The third-order valence-electron chi connectivity index (χ3n) is 5.43. The fraction of sp³-hybridized carbons (Fsp3) is 0.643. The highest BCUT2D eigenvalue weighted by atomic mass is 16.7. The van der Waals surface area contributed by atoms with Gasteiger partial charge in [-0.25, -0.2) is 9.59 Å². The topological polar surface area (TPSA) is 161 Å². The van der Waals surface area contributed by atoms with Crippen molar-refractivity contribution in [3.63, 3.8) is 0 Å². The molecule has 0 saturated carbocycles. The molecule has 0 aliphatic rings. The molecular weight excluding hydrogens is 510 g/mol. The van der Waals surface area contributed by atoms with Crippen molar-refractivity contribution in [2.45, 2.75) is 98.1 Å². The highest BCUT2D eigenvalue weighted by Crippen LogP contribution is 2.31. The summed E-state index contributed by atoms with van der Waals surface area (Å²) in [5.41, 5.74) is 4.53. The van der Waals surface area contributed by atoms with Gasteiger partial charge in [-0.1, -0.05) is 53.5 Å². The second-order valence-electron chi connectivity index (χ2n) is 10.8. The van der Waals surface area contributed by atoms with Gasteiger partial charge in [0.15, 0.2) is 11.5 Å². The van der Waals surface area contributed by atoms with E-state index in [1.54, 1.807) is 6.92 Å². The molecule has 11 heteroatoms. The van der Waals surface area contributed by atoms with E-state index >= 15 is 0 Å². The Morgan fingerprint density at radius 1 is 0.923 bits per heavy atom. The van der Waals surface area contributed by atoms with Crippen molar-refractivity contribution in [3.05, 3.63) is 23.8 Å². The predicted molar refractivity (Wildman–Crippen MR) is 143 cm³/mol. The zero-order valence-corrected chi connectivity index (χ0v) is 23.9.